The monoisotopic (exact) mass is 301 g/mol. The molecule has 0 saturated heterocycles. The zero-order chi connectivity index (χ0) is 16.1. The van der Waals surface area contributed by atoms with E-state index in [9.17, 15) is 9.18 Å². The molecule has 0 radical (unpaired) electrons. The molecule has 2 aromatic carbocycles. The van der Waals surface area contributed by atoms with Crippen molar-refractivity contribution in [3.63, 3.8) is 0 Å². The van der Waals surface area contributed by atoms with Crippen molar-refractivity contribution in [2.24, 2.45) is 5.92 Å². The average Bonchev–Trinajstić information content (AvgIpc) is 2.48. The molecule has 1 atom stereocenters. The molecule has 0 fully saturated rings. The molecule has 0 heterocycles. The van der Waals surface area contributed by atoms with Crippen LogP contribution in [0.15, 0.2) is 48.5 Å². The summed E-state index contributed by atoms with van der Waals surface area (Å²) in [6.07, 6.45) is 0. The van der Waals surface area contributed by atoms with Gasteiger partial charge in [0.2, 0.25) is 0 Å². The van der Waals surface area contributed by atoms with E-state index in [1.54, 1.807) is 19.1 Å². The van der Waals surface area contributed by atoms with Crippen molar-refractivity contribution in [1.29, 1.82) is 0 Å². The smallest absolute Gasteiger partial charge is 0.308 e. The van der Waals surface area contributed by atoms with Crippen molar-refractivity contribution in [3.8, 4) is 0 Å². The van der Waals surface area contributed by atoms with Gasteiger partial charge in [0.1, 0.15) is 5.82 Å². The van der Waals surface area contributed by atoms with E-state index in [0.717, 1.165) is 11.1 Å². The molecule has 0 saturated carbocycles. The third kappa shape index (κ3) is 4.07. The number of hydrogen-bond donors (Lipinski definition) is 1. The molecule has 3 nitrogen and oxygen atoms in total. The van der Waals surface area contributed by atoms with Crippen LogP contribution in [0.2, 0.25) is 0 Å². The van der Waals surface area contributed by atoms with Gasteiger partial charge in [-0.2, -0.15) is 0 Å². The van der Waals surface area contributed by atoms with Gasteiger partial charge in [-0.05, 0) is 36.2 Å². The number of carboxylic acids is 1. The molecule has 2 rings (SSSR count). The summed E-state index contributed by atoms with van der Waals surface area (Å²) in [6, 6.07) is 14.2. The maximum absolute atomic E-state index is 13.5. The zero-order valence-corrected chi connectivity index (χ0v) is 12.8. The summed E-state index contributed by atoms with van der Waals surface area (Å²) in [4.78, 5) is 13.1. The van der Waals surface area contributed by atoms with E-state index in [1.807, 2.05) is 36.1 Å². The quantitative estimate of drug-likeness (QED) is 0.880. The third-order valence-electron chi connectivity index (χ3n) is 3.71. The Morgan fingerprint density at radius 2 is 1.95 bits per heavy atom. The predicted molar refractivity (Wildman–Crippen MR) is 85.4 cm³/mol. The van der Waals surface area contributed by atoms with Crippen molar-refractivity contribution in [3.05, 3.63) is 65.5 Å². The van der Waals surface area contributed by atoms with E-state index in [2.05, 4.69) is 0 Å². The highest BCUT2D eigenvalue weighted by molar-refractivity contribution is 5.70. The number of nitrogens with zero attached hydrogens (tertiary/aromatic N) is 1. The Morgan fingerprint density at radius 1 is 1.23 bits per heavy atom. The van der Waals surface area contributed by atoms with Crippen LogP contribution < -0.4 is 4.90 Å². The fourth-order valence-electron chi connectivity index (χ4n) is 2.34. The number of carboxylic acid groups (broad SMARTS) is 1. The van der Waals surface area contributed by atoms with Crippen LogP contribution in [0.4, 0.5) is 10.1 Å². The standard InChI is InChI=1S/C18H20FNO2/c1-13-6-3-4-7-15(13)12-20(11-14(2)18(21)22)17-9-5-8-16(19)10-17/h3-10,14H,11-12H2,1-2H3,(H,21,22). The molecule has 22 heavy (non-hydrogen) atoms. The Hall–Kier alpha value is -2.36. The van der Waals surface area contributed by atoms with Crippen LogP contribution in [0.1, 0.15) is 18.1 Å². The molecule has 0 aromatic heterocycles. The number of hydrogen-bond acceptors (Lipinski definition) is 2. The second-order valence-electron chi connectivity index (χ2n) is 5.53. The Morgan fingerprint density at radius 3 is 2.59 bits per heavy atom. The summed E-state index contributed by atoms with van der Waals surface area (Å²) in [7, 11) is 0. The fraction of sp³-hybridized carbons (Fsp3) is 0.278. The molecule has 1 unspecified atom stereocenters. The van der Waals surface area contributed by atoms with E-state index in [-0.39, 0.29) is 5.82 Å². The van der Waals surface area contributed by atoms with Gasteiger partial charge in [0.25, 0.3) is 0 Å². The number of rotatable bonds is 6. The third-order valence-corrected chi connectivity index (χ3v) is 3.71. The first kappa shape index (κ1) is 16.0. The fourth-order valence-corrected chi connectivity index (χ4v) is 2.34. The summed E-state index contributed by atoms with van der Waals surface area (Å²) in [5.41, 5.74) is 2.92. The first-order valence-electron chi connectivity index (χ1n) is 7.25. The Balaban J connectivity index is 2.29. The number of aliphatic carboxylic acids is 1. The average molecular weight is 301 g/mol. The van der Waals surface area contributed by atoms with Gasteiger partial charge in [0.15, 0.2) is 0 Å². The second kappa shape index (κ2) is 7.07. The minimum atomic E-state index is -0.855. The van der Waals surface area contributed by atoms with Crippen molar-refractivity contribution < 1.29 is 14.3 Å². The number of halogens is 1. The minimum Gasteiger partial charge on any atom is -0.481 e. The van der Waals surface area contributed by atoms with Gasteiger partial charge >= 0.3 is 5.97 Å². The highest BCUT2D eigenvalue weighted by Gasteiger charge is 2.18. The van der Waals surface area contributed by atoms with Gasteiger partial charge in [-0.3, -0.25) is 4.79 Å². The topological polar surface area (TPSA) is 40.5 Å². The van der Waals surface area contributed by atoms with Crippen LogP contribution in [0, 0.1) is 18.7 Å². The SMILES string of the molecule is Cc1ccccc1CN(CC(C)C(=O)O)c1cccc(F)c1. The molecular formula is C18H20FNO2. The van der Waals surface area contributed by atoms with Gasteiger partial charge in [0.05, 0.1) is 5.92 Å². The number of anilines is 1. The lowest BCUT2D eigenvalue weighted by Crippen LogP contribution is -2.31. The lowest BCUT2D eigenvalue weighted by atomic mass is 10.1. The summed E-state index contributed by atoms with van der Waals surface area (Å²) in [6.45, 7) is 4.55. The first-order chi connectivity index (χ1) is 10.5. The highest BCUT2D eigenvalue weighted by atomic mass is 19.1. The predicted octanol–water partition coefficient (Wildman–Crippen LogP) is 3.86. The highest BCUT2D eigenvalue weighted by Crippen LogP contribution is 2.21. The molecule has 0 bridgehead atoms. The van der Waals surface area contributed by atoms with Gasteiger partial charge in [-0.1, -0.05) is 37.3 Å². The van der Waals surface area contributed by atoms with Crippen LogP contribution in [0.25, 0.3) is 0 Å². The van der Waals surface area contributed by atoms with Crippen molar-refractivity contribution in [1.82, 2.24) is 0 Å². The van der Waals surface area contributed by atoms with E-state index < -0.39 is 11.9 Å². The minimum absolute atomic E-state index is 0.324. The summed E-state index contributed by atoms with van der Waals surface area (Å²) in [5.74, 6) is -1.71. The number of aryl methyl sites for hydroxylation is 1. The van der Waals surface area contributed by atoms with E-state index in [0.29, 0.717) is 18.8 Å². The van der Waals surface area contributed by atoms with Gasteiger partial charge in [-0.25, -0.2) is 4.39 Å². The maximum atomic E-state index is 13.5. The molecule has 0 aliphatic heterocycles. The van der Waals surface area contributed by atoms with Gasteiger partial charge in [0, 0.05) is 18.8 Å². The number of carbonyl (C=O) groups is 1. The Bertz CT molecular complexity index is 657. The largest absolute Gasteiger partial charge is 0.481 e. The van der Waals surface area contributed by atoms with Crippen LogP contribution in [0.5, 0.6) is 0 Å². The normalized spacial score (nSPS) is 12.0. The van der Waals surface area contributed by atoms with Crippen molar-refractivity contribution in [2.75, 3.05) is 11.4 Å². The van der Waals surface area contributed by atoms with Gasteiger partial charge < -0.3 is 10.0 Å². The molecule has 0 spiro atoms. The van der Waals surface area contributed by atoms with E-state index >= 15 is 0 Å². The lowest BCUT2D eigenvalue weighted by molar-refractivity contribution is -0.140. The molecule has 4 heteroatoms. The van der Waals surface area contributed by atoms with Crippen molar-refractivity contribution in [2.45, 2.75) is 20.4 Å². The maximum Gasteiger partial charge on any atom is 0.308 e. The molecule has 1 N–H and O–H groups in total. The van der Waals surface area contributed by atoms with Crippen LogP contribution in [0.3, 0.4) is 0 Å². The van der Waals surface area contributed by atoms with Crippen LogP contribution in [-0.4, -0.2) is 17.6 Å². The molecule has 0 aliphatic rings. The summed E-state index contributed by atoms with van der Waals surface area (Å²) >= 11 is 0. The molecule has 0 aliphatic carbocycles. The summed E-state index contributed by atoms with van der Waals surface area (Å²) < 4.78 is 13.5. The zero-order valence-electron chi connectivity index (χ0n) is 12.8. The Labute approximate surface area is 130 Å². The van der Waals surface area contributed by atoms with E-state index in [4.69, 9.17) is 5.11 Å². The van der Waals surface area contributed by atoms with E-state index in [1.165, 1.54) is 12.1 Å². The molecular weight excluding hydrogens is 281 g/mol. The van der Waals surface area contributed by atoms with Gasteiger partial charge in [-0.15, -0.1) is 0 Å². The lowest BCUT2D eigenvalue weighted by Gasteiger charge is -2.27. The molecule has 0 amide bonds. The van der Waals surface area contributed by atoms with Crippen molar-refractivity contribution >= 4 is 11.7 Å². The molecule has 2 aromatic rings. The summed E-state index contributed by atoms with van der Waals surface area (Å²) in [5, 5.41) is 9.15. The number of benzene rings is 2. The van der Waals surface area contributed by atoms with Crippen LogP contribution >= 0.6 is 0 Å². The molecule has 116 valence electrons. The second-order valence-corrected chi connectivity index (χ2v) is 5.53. The Kier molecular flexibility index (Phi) is 5.15. The first-order valence-corrected chi connectivity index (χ1v) is 7.25. The van der Waals surface area contributed by atoms with Crippen LogP contribution in [-0.2, 0) is 11.3 Å².